The molecule has 1 atom stereocenters. The van der Waals surface area contributed by atoms with Gasteiger partial charge in [0.05, 0.1) is 11.9 Å². The number of amides is 1. The molecule has 2 heterocycles. The number of aromatic amines is 1. The molecule has 0 bridgehead atoms. The maximum Gasteiger partial charge on any atom is 0.285 e. The number of carbonyl (C=O) groups excluding carboxylic acids is 1. The third-order valence-electron chi connectivity index (χ3n) is 2.98. The van der Waals surface area contributed by atoms with Crippen molar-refractivity contribution in [2.75, 3.05) is 31.1 Å². The fraction of sp³-hybridized carbons (Fsp3) is 0.545. The topological polar surface area (TPSA) is 90.1 Å². The molecule has 1 fully saturated rings. The molecule has 1 aromatic rings. The third-order valence-corrected chi connectivity index (χ3v) is 3.35. The lowest BCUT2D eigenvalue weighted by Gasteiger charge is -2.36. The van der Waals surface area contributed by atoms with Crippen LogP contribution in [0, 0.1) is 0 Å². The highest BCUT2D eigenvalue weighted by molar-refractivity contribution is 6.33. The molecule has 0 spiro atoms. The van der Waals surface area contributed by atoms with Crippen LogP contribution in [0.5, 0.6) is 0 Å². The van der Waals surface area contributed by atoms with Gasteiger partial charge in [0.15, 0.2) is 0 Å². The molecule has 1 aliphatic rings. The molecule has 1 saturated heterocycles. The van der Waals surface area contributed by atoms with E-state index < -0.39 is 11.6 Å². The summed E-state index contributed by atoms with van der Waals surface area (Å²) in [5, 5.41) is 12.0. The molecule has 1 unspecified atom stereocenters. The maximum atomic E-state index is 12.0. The zero-order valence-corrected chi connectivity index (χ0v) is 11.3. The van der Waals surface area contributed by atoms with Crippen molar-refractivity contribution in [3.8, 4) is 0 Å². The van der Waals surface area contributed by atoms with Gasteiger partial charge in [0.25, 0.3) is 5.56 Å². The summed E-state index contributed by atoms with van der Waals surface area (Å²) in [4.78, 5) is 25.3. The summed E-state index contributed by atoms with van der Waals surface area (Å²) >= 11 is 6.00. The molecule has 1 aliphatic heterocycles. The lowest BCUT2D eigenvalue weighted by molar-refractivity contribution is -0.122. The van der Waals surface area contributed by atoms with Gasteiger partial charge in [0.2, 0.25) is 5.91 Å². The molecular formula is C11H16ClN5O2. The van der Waals surface area contributed by atoms with E-state index in [1.807, 2.05) is 11.8 Å². The van der Waals surface area contributed by atoms with Gasteiger partial charge in [-0.15, -0.1) is 0 Å². The molecule has 19 heavy (non-hydrogen) atoms. The van der Waals surface area contributed by atoms with Gasteiger partial charge in [-0.05, 0) is 6.92 Å². The van der Waals surface area contributed by atoms with Gasteiger partial charge < -0.3 is 15.5 Å². The minimum atomic E-state index is -0.452. The number of H-pyrrole nitrogens is 1. The third kappa shape index (κ3) is 2.87. The summed E-state index contributed by atoms with van der Waals surface area (Å²) in [6.07, 6.45) is 1.47. The standard InChI is InChI=1S/C11H16ClN5O2/c1-2-14-10(18)8-5-13-3-4-17(8)7-6-15-16-11(19)9(7)12/h6,8,13H,2-5H2,1H3,(H,14,18)(H,16,19). The Morgan fingerprint density at radius 3 is 3.21 bits per heavy atom. The van der Waals surface area contributed by atoms with Crippen molar-refractivity contribution < 1.29 is 4.79 Å². The van der Waals surface area contributed by atoms with E-state index in [0.29, 0.717) is 25.3 Å². The van der Waals surface area contributed by atoms with Gasteiger partial charge in [-0.25, -0.2) is 5.10 Å². The smallest absolute Gasteiger partial charge is 0.285 e. The largest absolute Gasteiger partial charge is 0.355 e. The highest BCUT2D eigenvalue weighted by Gasteiger charge is 2.30. The van der Waals surface area contributed by atoms with E-state index in [0.717, 1.165) is 6.54 Å². The number of rotatable bonds is 3. The number of halogens is 1. The number of hydrogen-bond acceptors (Lipinski definition) is 5. The Balaban J connectivity index is 2.31. The predicted octanol–water partition coefficient (Wildman–Crippen LogP) is -0.662. The van der Waals surface area contributed by atoms with Crippen LogP contribution in [0.15, 0.2) is 11.0 Å². The molecular weight excluding hydrogens is 270 g/mol. The monoisotopic (exact) mass is 285 g/mol. The van der Waals surface area contributed by atoms with Crippen LogP contribution in [0.3, 0.4) is 0 Å². The number of aromatic nitrogens is 2. The average Bonchev–Trinajstić information content (AvgIpc) is 2.42. The molecule has 0 saturated carbocycles. The first kappa shape index (κ1) is 13.8. The van der Waals surface area contributed by atoms with Crippen molar-refractivity contribution in [3.63, 3.8) is 0 Å². The molecule has 0 radical (unpaired) electrons. The average molecular weight is 286 g/mol. The van der Waals surface area contributed by atoms with Crippen LogP contribution in [-0.2, 0) is 4.79 Å². The fourth-order valence-electron chi connectivity index (χ4n) is 2.09. The fourth-order valence-corrected chi connectivity index (χ4v) is 2.29. The molecule has 2 rings (SSSR count). The number of nitrogens with one attached hydrogen (secondary N) is 3. The Bertz CT molecular complexity index is 518. The highest BCUT2D eigenvalue weighted by atomic mass is 35.5. The second-order valence-corrected chi connectivity index (χ2v) is 4.58. The molecule has 7 nitrogen and oxygen atoms in total. The normalized spacial score (nSPS) is 19.3. The molecule has 0 aliphatic carbocycles. The number of hydrogen-bond donors (Lipinski definition) is 3. The first-order valence-electron chi connectivity index (χ1n) is 6.13. The Kier molecular flexibility index (Phi) is 4.39. The SMILES string of the molecule is CCNC(=O)C1CNCCN1c1cn[nH]c(=O)c1Cl. The lowest BCUT2D eigenvalue weighted by atomic mass is 10.1. The summed E-state index contributed by atoms with van der Waals surface area (Å²) < 4.78 is 0. The van der Waals surface area contributed by atoms with E-state index in [2.05, 4.69) is 20.8 Å². The van der Waals surface area contributed by atoms with E-state index in [1.54, 1.807) is 0 Å². The Morgan fingerprint density at radius 1 is 1.68 bits per heavy atom. The minimum Gasteiger partial charge on any atom is -0.355 e. The van der Waals surface area contributed by atoms with Gasteiger partial charge in [0.1, 0.15) is 11.1 Å². The van der Waals surface area contributed by atoms with E-state index >= 15 is 0 Å². The van der Waals surface area contributed by atoms with Crippen LogP contribution in [-0.4, -0.2) is 48.3 Å². The highest BCUT2D eigenvalue weighted by Crippen LogP contribution is 2.23. The van der Waals surface area contributed by atoms with E-state index in [4.69, 9.17) is 11.6 Å². The van der Waals surface area contributed by atoms with Crippen LogP contribution in [0.2, 0.25) is 5.02 Å². The van der Waals surface area contributed by atoms with Crippen molar-refractivity contribution in [2.45, 2.75) is 13.0 Å². The van der Waals surface area contributed by atoms with Crippen LogP contribution >= 0.6 is 11.6 Å². The van der Waals surface area contributed by atoms with Crippen molar-refractivity contribution >= 4 is 23.2 Å². The van der Waals surface area contributed by atoms with Gasteiger partial charge in [0, 0.05) is 26.2 Å². The van der Waals surface area contributed by atoms with E-state index in [-0.39, 0.29) is 10.9 Å². The second kappa shape index (κ2) is 6.03. The quantitative estimate of drug-likeness (QED) is 0.686. The van der Waals surface area contributed by atoms with Crippen LogP contribution in [0.25, 0.3) is 0 Å². The Morgan fingerprint density at radius 2 is 2.47 bits per heavy atom. The molecule has 1 amide bonds. The summed E-state index contributed by atoms with van der Waals surface area (Å²) in [7, 11) is 0. The van der Waals surface area contributed by atoms with Crippen molar-refractivity contribution in [1.29, 1.82) is 0 Å². The molecule has 8 heteroatoms. The predicted molar refractivity (Wildman–Crippen MR) is 72.6 cm³/mol. The van der Waals surface area contributed by atoms with Gasteiger partial charge in [-0.1, -0.05) is 11.6 Å². The molecule has 3 N–H and O–H groups in total. The van der Waals surface area contributed by atoms with Crippen LogP contribution in [0.4, 0.5) is 5.69 Å². The van der Waals surface area contributed by atoms with Gasteiger partial charge in [-0.2, -0.15) is 5.10 Å². The van der Waals surface area contributed by atoms with E-state index in [1.165, 1.54) is 6.20 Å². The van der Waals surface area contributed by atoms with Gasteiger partial charge in [-0.3, -0.25) is 9.59 Å². The maximum absolute atomic E-state index is 12.0. The lowest BCUT2D eigenvalue weighted by Crippen LogP contribution is -2.58. The Labute approximate surface area is 115 Å². The van der Waals surface area contributed by atoms with Crippen LogP contribution in [0.1, 0.15) is 6.92 Å². The minimum absolute atomic E-state index is 0.0613. The zero-order valence-electron chi connectivity index (χ0n) is 10.6. The summed E-state index contributed by atoms with van der Waals surface area (Å²) in [5.41, 5.74) is 0.0375. The second-order valence-electron chi connectivity index (χ2n) is 4.21. The molecule has 104 valence electrons. The number of piperazine rings is 1. The Hall–Kier alpha value is -1.60. The summed E-state index contributed by atoms with van der Waals surface area (Å²) in [6, 6.07) is -0.394. The zero-order chi connectivity index (χ0) is 13.8. The van der Waals surface area contributed by atoms with Crippen LogP contribution < -0.4 is 21.1 Å². The van der Waals surface area contributed by atoms with E-state index in [9.17, 15) is 9.59 Å². The molecule has 0 aromatic carbocycles. The summed E-state index contributed by atoms with van der Waals surface area (Å²) in [5.74, 6) is -0.0916. The van der Waals surface area contributed by atoms with Crippen molar-refractivity contribution in [2.24, 2.45) is 0 Å². The first-order chi connectivity index (χ1) is 9.15. The number of anilines is 1. The number of carbonyl (C=O) groups is 1. The first-order valence-corrected chi connectivity index (χ1v) is 6.51. The van der Waals surface area contributed by atoms with Gasteiger partial charge >= 0.3 is 0 Å². The van der Waals surface area contributed by atoms with Crippen molar-refractivity contribution in [3.05, 3.63) is 21.6 Å². The molecule has 1 aromatic heterocycles. The number of likely N-dealkylation sites (N-methyl/N-ethyl adjacent to an activating group) is 1. The van der Waals surface area contributed by atoms with Crippen molar-refractivity contribution in [1.82, 2.24) is 20.8 Å². The summed E-state index contributed by atoms with van der Waals surface area (Å²) in [6.45, 7) is 4.24. The number of nitrogens with zero attached hydrogens (tertiary/aromatic N) is 2.